The van der Waals surface area contributed by atoms with E-state index in [2.05, 4.69) is 20.5 Å². The molecule has 1 atom stereocenters. The predicted octanol–water partition coefficient (Wildman–Crippen LogP) is 2.72. The van der Waals surface area contributed by atoms with E-state index in [4.69, 9.17) is 8.83 Å². The minimum Gasteiger partial charge on any atom is -0.480 e. The molecule has 1 amide bonds. The molecule has 0 saturated carbocycles. The lowest BCUT2D eigenvalue weighted by molar-refractivity contribution is -0.141. The van der Waals surface area contributed by atoms with Crippen molar-refractivity contribution in [1.82, 2.24) is 20.5 Å². The highest BCUT2D eigenvalue weighted by molar-refractivity contribution is 7.99. The van der Waals surface area contributed by atoms with Gasteiger partial charge >= 0.3 is 5.97 Å². The number of hydrogen-bond donors (Lipinski definition) is 3. The van der Waals surface area contributed by atoms with E-state index in [-0.39, 0.29) is 23.3 Å². The number of nitrogens with one attached hydrogen (secondary N) is 2. The van der Waals surface area contributed by atoms with Crippen LogP contribution in [0.15, 0.2) is 62.9 Å². The van der Waals surface area contributed by atoms with Crippen molar-refractivity contribution in [2.24, 2.45) is 0 Å². The Balaban J connectivity index is 1.36. The van der Waals surface area contributed by atoms with Crippen LogP contribution < -0.4 is 5.32 Å². The second kappa shape index (κ2) is 8.23. The number of para-hydroxylation sites is 1. The number of aromatic amines is 1. The quantitative estimate of drug-likeness (QED) is 0.376. The second-order valence-corrected chi connectivity index (χ2v) is 7.09. The minimum absolute atomic E-state index is 0.0581. The van der Waals surface area contributed by atoms with Gasteiger partial charge in [0.1, 0.15) is 6.04 Å². The maximum atomic E-state index is 12.2. The molecule has 9 nitrogen and oxygen atoms in total. The molecule has 29 heavy (non-hydrogen) atoms. The Hall–Kier alpha value is -3.53. The van der Waals surface area contributed by atoms with Crippen molar-refractivity contribution in [1.29, 1.82) is 0 Å². The standard InChI is InChI=1S/C19H16N4O5S/c24-16(10-29-19-23-22-17(28-19)15-6-3-7-27-15)21-14(18(25)26)8-11-9-20-13-5-2-1-4-12(11)13/h1-7,9,14,20H,8,10H2,(H,21,24)(H,25,26)/t14-/m0/s1. The van der Waals surface area contributed by atoms with E-state index in [9.17, 15) is 14.7 Å². The molecule has 0 spiro atoms. The Bertz CT molecular complexity index is 1130. The number of carbonyl (C=O) groups is 2. The van der Waals surface area contributed by atoms with Gasteiger partial charge in [0, 0.05) is 23.5 Å². The number of fused-ring (bicyclic) bond motifs is 1. The highest BCUT2D eigenvalue weighted by Crippen LogP contribution is 2.23. The zero-order valence-corrected chi connectivity index (χ0v) is 15.8. The van der Waals surface area contributed by atoms with Crippen LogP contribution in [0.1, 0.15) is 5.56 Å². The number of carbonyl (C=O) groups excluding carboxylic acids is 1. The molecule has 0 radical (unpaired) electrons. The molecule has 4 rings (SSSR count). The first kappa shape index (κ1) is 18.8. The van der Waals surface area contributed by atoms with Crippen LogP contribution in [0.25, 0.3) is 22.6 Å². The van der Waals surface area contributed by atoms with E-state index in [0.717, 1.165) is 28.2 Å². The van der Waals surface area contributed by atoms with Gasteiger partial charge < -0.3 is 24.2 Å². The highest BCUT2D eigenvalue weighted by atomic mass is 32.2. The number of benzene rings is 1. The fraction of sp³-hybridized carbons (Fsp3) is 0.158. The number of amides is 1. The Labute approximate surface area is 168 Å². The number of carboxylic acid groups (broad SMARTS) is 1. The van der Waals surface area contributed by atoms with Crippen molar-refractivity contribution in [3.05, 3.63) is 54.4 Å². The van der Waals surface area contributed by atoms with Crippen LogP contribution in [0.5, 0.6) is 0 Å². The molecule has 148 valence electrons. The largest absolute Gasteiger partial charge is 0.480 e. The summed E-state index contributed by atoms with van der Waals surface area (Å²) in [4.78, 5) is 27.0. The van der Waals surface area contributed by atoms with Crippen LogP contribution >= 0.6 is 11.8 Å². The molecule has 3 N–H and O–H groups in total. The topological polar surface area (TPSA) is 134 Å². The van der Waals surface area contributed by atoms with Gasteiger partial charge in [-0.1, -0.05) is 30.0 Å². The van der Waals surface area contributed by atoms with Gasteiger partial charge in [-0.25, -0.2) is 4.79 Å². The summed E-state index contributed by atoms with van der Waals surface area (Å²) in [5.41, 5.74) is 1.73. The number of furan rings is 1. The molecule has 0 aliphatic carbocycles. The maximum Gasteiger partial charge on any atom is 0.326 e. The molecule has 0 aliphatic heterocycles. The van der Waals surface area contributed by atoms with Crippen molar-refractivity contribution in [3.8, 4) is 11.7 Å². The van der Waals surface area contributed by atoms with E-state index in [0.29, 0.717) is 5.76 Å². The highest BCUT2D eigenvalue weighted by Gasteiger charge is 2.22. The molecule has 1 aromatic carbocycles. The molecule has 0 fully saturated rings. The van der Waals surface area contributed by atoms with Crippen LogP contribution in [-0.4, -0.2) is 44.0 Å². The van der Waals surface area contributed by atoms with Gasteiger partial charge in [-0.15, -0.1) is 10.2 Å². The second-order valence-electron chi connectivity index (χ2n) is 6.16. The average molecular weight is 412 g/mol. The number of hydrogen-bond acceptors (Lipinski definition) is 7. The first-order valence-corrected chi connectivity index (χ1v) is 9.66. The summed E-state index contributed by atoms with van der Waals surface area (Å²) in [5, 5.41) is 20.8. The number of rotatable bonds is 8. The summed E-state index contributed by atoms with van der Waals surface area (Å²) in [7, 11) is 0. The number of aromatic nitrogens is 3. The van der Waals surface area contributed by atoms with E-state index >= 15 is 0 Å². The smallest absolute Gasteiger partial charge is 0.326 e. The summed E-state index contributed by atoms with van der Waals surface area (Å²) >= 11 is 1.02. The summed E-state index contributed by atoms with van der Waals surface area (Å²) in [6, 6.07) is 9.91. The van der Waals surface area contributed by atoms with Gasteiger partial charge in [0.25, 0.3) is 11.1 Å². The molecular formula is C19H16N4O5S. The zero-order chi connectivity index (χ0) is 20.2. The van der Waals surface area contributed by atoms with Crippen molar-refractivity contribution in [2.75, 3.05) is 5.75 Å². The van der Waals surface area contributed by atoms with Crippen molar-refractivity contribution in [3.63, 3.8) is 0 Å². The molecule has 0 saturated heterocycles. The molecule has 4 aromatic rings. The first-order chi connectivity index (χ1) is 14.1. The molecular weight excluding hydrogens is 396 g/mol. The van der Waals surface area contributed by atoms with Crippen LogP contribution in [0.4, 0.5) is 0 Å². The van der Waals surface area contributed by atoms with Gasteiger partial charge in [0.05, 0.1) is 12.0 Å². The molecule has 10 heteroatoms. The predicted molar refractivity (Wildman–Crippen MR) is 104 cm³/mol. The number of H-pyrrole nitrogens is 1. The Morgan fingerprint density at radius 2 is 2.07 bits per heavy atom. The van der Waals surface area contributed by atoms with E-state index in [1.165, 1.54) is 6.26 Å². The molecule has 3 heterocycles. The molecule has 0 unspecified atom stereocenters. The fourth-order valence-corrected chi connectivity index (χ4v) is 3.43. The molecule has 3 aromatic heterocycles. The van der Waals surface area contributed by atoms with Crippen LogP contribution in [0.3, 0.4) is 0 Å². The molecule has 0 aliphatic rings. The van der Waals surface area contributed by atoms with Crippen molar-refractivity contribution in [2.45, 2.75) is 17.7 Å². The van der Waals surface area contributed by atoms with Crippen LogP contribution in [0, 0.1) is 0 Å². The van der Waals surface area contributed by atoms with E-state index in [1.807, 2.05) is 24.3 Å². The normalized spacial score (nSPS) is 12.1. The van der Waals surface area contributed by atoms with Gasteiger partial charge in [-0.3, -0.25) is 4.79 Å². The van der Waals surface area contributed by atoms with Crippen molar-refractivity contribution < 1.29 is 23.5 Å². The lowest BCUT2D eigenvalue weighted by Gasteiger charge is -2.13. The Morgan fingerprint density at radius 3 is 2.86 bits per heavy atom. The number of carboxylic acids is 1. The lowest BCUT2D eigenvalue weighted by atomic mass is 10.1. The third-order valence-corrected chi connectivity index (χ3v) is 5.02. The summed E-state index contributed by atoms with van der Waals surface area (Å²) < 4.78 is 10.6. The van der Waals surface area contributed by atoms with E-state index < -0.39 is 17.9 Å². The van der Waals surface area contributed by atoms with Gasteiger partial charge in [0.2, 0.25) is 5.91 Å². The first-order valence-electron chi connectivity index (χ1n) is 8.67. The third-order valence-electron chi connectivity index (χ3n) is 4.20. The molecule has 0 bridgehead atoms. The van der Waals surface area contributed by atoms with Gasteiger partial charge in [0.15, 0.2) is 5.76 Å². The van der Waals surface area contributed by atoms with Crippen LogP contribution in [0.2, 0.25) is 0 Å². The Morgan fingerprint density at radius 1 is 1.21 bits per heavy atom. The zero-order valence-electron chi connectivity index (χ0n) is 15.0. The minimum atomic E-state index is -1.11. The number of nitrogens with zero attached hydrogens (tertiary/aromatic N) is 2. The van der Waals surface area contributed by atoms with Crippen LogP contribution in [-0.2, 0) is 16.0 Å². The van der Waals surface area contributed by atoms with Crippen molar-refractivity contribution >= 4 is 34.5 Å². The van der Waals surface area contributed by atoms with Gasteiger partial charge in [-0.05, 0) is 23.8 Å². The summed E-state index contributed by atoms with van der Waals surface area (Å²) in [6.07, 6.45) is 3.41. The monoisotopic (exact) mass is 412 g/mol. The van der Waals surface area contributed by atoms with E-state index in [1.54, 1.807) is 18.3 Å². The average Bonchev–Trinajstić information content (AvgIpc) is 3.46. The maximum absolute atomic E-state index is 12.2. The third kappa shape index (κ3) is 4.32. The summed E-state index contributed by atoms with van der Waals surface area (Å²) in [5.74, 6) is -0.970. The number of thioether (sulfide) groups is 1. The van der Waals surface area contributed by atoms with Gasteiger partial charge in [-0.2, -0.15) is 0 Å². The Kier molecular flexibility index (Phi) is 5.34. The number of aliphatic carboxylic acids is 1. The summed E-state index contributed by atoms with van der Waals surface area (Å²) in [6.45, 7) is 0. The fourth-order valence-electron chi connectivity index (χ4n) is 2.85. The SMILES string of the molecule is O=C(CSc1nnc(-c2ccco2)o1)N[C@@H](Cc1c[nH]c2ccccc12)C(=O)O. The lowest BCUT2D eigenvalue weighted by Crippen LogP contribution is -2.43.